The smallest absolute Gasteiger partial charge is 0.265 e. The molecule has 1 atom stereocenters. The van der Waals surface area contributed by atoms with Crippen LogP contribution in [0, 0.1) is 0 Å². The van der Waals surface area contributed by atoms with E-state index >= 15 is 0 Å². The molecule has 110 valence electrons. The molecule has 6 heteroatoms. The molecule has 0 aliphatic rings. The van der Waals surface area contributed by atoms with Gasteiger partial charge in [-0.05, 0) is 37.3 Å². The number of carbonyl (C=O) groups excluding carboxylic acids is 1. The molecule has 2 rings (SSSR count). The molecule has 2 aromatic carbocycles. The van der Waals surface area contributed by atoms with Gasteiger partial charge in [0.2, 0.25) is 0 Å². The fourth-order valence-electron chi connectivity index (χ4n) is 1.63. The highest BCUT2D eigenvalue weighted by Gasteiger charge is 2.17. The van der Waals surface area contributed by atoms with Gasteiger partial charge in [0.25, 0.3) is 5.91 Å². The summed E-state index contributed by atoms with van der Waals surface area (Å²) >= 11 is 17.8. The maximum atomic E-state index is 12.1. The SMILES string of the molecule is C[C@H](Oc1cccc(Cl)c1Cl)C(=O)Nc1cccc(Cl)c1. The van der Waals surface area contributed by atoms with E-state index in [1.165, 1.54) is 0 Å². The molecule has 0 unspecified atom stereocenters. The molecule has 1 N–H and O–H groups in total. The summed E-state index contributed by atoms with van der Waals surface area (Å²) in [6.45, 7) is 1.62. The summed E-state index contributed by atoms with van der Waals surface area (Å²) in [6, 6.07) is 11.9. The average molecular weight is 345 g/mol. The number of benzene rings is 2. The van der Waals surface area contributed by atoms with Crippen molar-refractivity contribution in [2.75, 3.05) is 5.32 Å². The Morgan fingerprint density at radius 3 is 2.57 bits per heavy atom. The molecule has 0 spiro atoms. The molecule has 21 heavy (non-hydrogen) atoms. The number of hydrogen-bond acceptors (Lipinski definition) is 2. The first kappa shape index (κ1) is 16.0. The molecule has 0 radical (unpaired) electrons. The van der Waals surface area contributed by atoms with Gasteiger partial charge < -0.3 is 10.1 Å². The van der Waals surface area contributed by atoms with E-state index in [4.69, 9.17) is 39.5 Å². The van der Waals surface area contributed by atoms with E-state index in [-0.39, 0.29) is 10.9 Å². The van der Waals surface area contributed by atoms with E-state index in [9.17, 15) is 4.79 Å². The van der Waals surface area contributed by atoms with Gasteiger partial charge in [0.15, 0.2) is 6.10 Å². The lowest BCUT2D eigenvalue weighted by Gasteiger charge is -2.16. The third-order valence-electron chi connectivity index (χ3n) is 2.68. The lowest BCUT2D eigenvalue weighted by molar-refractivity contribution is -0.122. The van der Waals surface area contributed by atoms with Crippen molar-refractivity contribution in [1.82, 2.24) is 0 Å². The molecule has 0 aliphatic carbocycles. The van der Waals surface area contributed by atoms with Gasteiger partial charge >= 0.3 is 0 Å². The molecular formula is C15H12Cl3NO2. The molecule has 0 saturated carbocycles. The number of hydrogen-bond donors (Lipinski definition) is 1. The lowest BCUT2D eigenvalue weighted by atomic mass is 10.3. The Morgan fingerprint density at radius 2 is 1.86 bits per heavy atom. The lowest BCUT2D eigenvalue weighted by Crippen LogP contribution is -2.30. The van der Waals surface area contributed by atoms with Crippen LogP contribution >= 0.6 is 34.8 Å². The molecule has 1 amide bonds. The van der Waals surface area contributed by atoms with Gasteiger partial charge in [0.1, 0.15) is 10.8 Å². The van der Waals surface area contributed by atoms with E-state index < -0.39 is 6.10 Å². The minimum absolute atomic E-state index is 0.279. The second-order valence-electron chi connectivity index (χ2n) is 4.31. The molecule has 0 aromatic heterocycles. The van der Waals surface area contributed by atoms with Gasteiger partial charge in [-0.2, -0.15) is 0 Å². The summed E-state index contributed by atoms with van der Waals surface area (Å²) in [5, 5.41) is 3.90. The Morgan fingerprint density at radius 1 is 1.14 bits per heavy atom. The summed E-state index contributed by atoms with van der Waals surface area (Å²) < 4.78 is 5.53. The fourth-order valence-corrected chi connectivity index (χ4v) is 2.16. The van der Waals surface area contributed by atoms with E-state index in [0.717, 1.165) is 0 Å². The van der Waals surface area contributed by atoms with Crippen LogP contribution in [0.25, 0.3) is 0 Å². The largest absolute Gasteiger partial charge is 0.479 e. The van der Waals surface area contributed by atoms with Crippen molar-refractivity contribution in [2.24, 2.45) is 0 Å². The summed E-state index contributed by atoms with van der Waals surface area (Å²) in [6.07, 6.45) is -0.736. The monoisotopic (exact) mass is 343 g/mol. The Balaban J connectivity index is 2.04. The topological polar surface area (TPSA) is 38.3 Å². The number of amides is 1. The maximum absolute atomic E-state index is 12.1. The predicted octanol–water partition coefficient (Wildman–Crippen LogP) is 5.05. The summed E-state index contributed by atoms with van der Waals surface area (Å²) in [7, 11) is 0. The first-order valence-corrected chi connectivity index (χ1v) is 7.28. The van der Waals surface area contributed by atoms with Crippen LogP contribution in [0.4, 0.5) is 5.69 Å². The van der Waals surface area contributed by atoms with Crippen molar-refractivity contribution in [3.8, 4) is 5.75 Å². The van der Waals surface area contributed by atoms with Crippen molar-refractivity contribution in [3.63, 3.8) is 0 Å². The van der Waals surface area contributed by atoms with Gasteiger partial charge in [-0.25, -0.2) is 0 Å². The van der Waals surface area contributed by atoms with Crippen LogP contribution in [0.2, 0.25) is 15.1 Å². The van der Waals surface area contributed by atoms with Gasteiger partial charge in [-0.3, -0.25) is 4.79 Å². The molecule has 2 aromatic rings. The van der Waals surface area contributed by atoms with Crippen LogP contribution in [0.3, 0.4) is 0 Å². The number of ether oxygens (including phenoxy) is 1. The molecular weight excluding hydrogens is 333 g/mol. The third-order valence-corrected chi connectivity index (χ3v) is 3.72. The number of rotatable bonds is 4. The van der Waals surface area contributed by atoms with Gasteiger partial charge in [0.05, 0.1) is 5.02 Å². The van der Waals surface area contributed by atoms with Crippen molar-refractivity contribution >= 4 is 46.4 Å². The summed E-state index contributed by atoms with van der Waals surface area (Å²) in [5.41, 5.74) is 0.597. The van der Waals surface area contributed by atoms with E-state index in [0.29, 0.717) is 21.5 Å². The molecule has 0 bridgehead atoms. The quantitative estimate of drug-likeness (QED) is 0.842. The average Bonchev–Trinajstić information content (AvgIpc) is 2.44. The van der Waals surface area contributed by atoms with Gasteiger partial charge in [0, 0.05) is 10.7 Å². The zero-order valence-corrected chi connectivity index (χ0v) is 13.3. The molecule has 0 aliphatic heterocycles. The van der Waals surface area contributed by atoms with Crippen molar-refractivity contribution < 1.29 is 9.53 Å². The fraction of sp³-hybridized carbons (Fsp3) is 0.133. The zero-order chi connectivity index (χ0) is 15.4. The maximum Gasteiger partial charge on any atom is 0.265 e. The minimum atomic E-state index is -0.736. The highest BCUT2D eigenvalue weighted by atomic mass is 35.5. The first-order chi connectivity index (χ1) is 9.97. The number of halogens is 3. The number of carbonyl (C=O) groups is 1. The normalized spacial score (nSPS) is 11.8. The number of nitrogens with one attached hydrogen (secondary N) is 1. The summed E-state index contributed by atoms with van der Waals surface area (Å²) in [5.74, 6) is 0.0474. The van der Waals surface area contributed by atoms with Crippen LogP contribution in [0.15, 0.2) is 42.5 Å². The zero-order valence-electron chi connectivity index (χ0n) is 11.1. The molecule has 0 heterocycles. The van der Waals surface area contributed by atoms with Crippen LogP contribution in [-0.2, 0) is 4.79 Å². The highest BCUT2D eigenvalue weighted by Crippen LogP contribution is 2.32. The van der Waals surface area contributed by atoms with Crippen LogP contribution < -0.4 is 10.1 Å². The minimum Gasteiger partial charge on any atom is -0.479 e. The molecule has 0 saturated heterocycles. The number of anilines is 1. The van der Waals surface area contributed by atoms with Gasteiger partial charge in [-0.15, -0.1) is 0 Å². The second-order valence-corrected chi connectivity index (χ2v) is 5.53. The summed E-state index contributed by atoms with van der Waals surface area (Å²) in [4.78, 5) is 12.1. The van der Waals surface area contributed by atoms with Crippen molar-refractivity contribution in [1.29, 1.82) is 0 Å². The molecule has 3 nitrogen and oxygen atoms in total. The Labute approximate surface area is 137 Å². The Bertz CT molecular complexity index is 661. The third kappa shape index (κ3) is 4.27. The predicted molar refractivity (Wildman–Crippen MR) is 86.6 cm³/mol. The first-order valence-electron chi connectivity index (χ1n) is 6.14. The van der Waals surface area contributed by atoms with E-state index in [1.54, 1.807) is 49.4 Å². The van der Waals surface area contributed by atoms with Crippen molar-refractivity contribution in [2.45, 2.75) is 13.0 Å². The van der Waals surface area contributed by atoms with Gasteiger partial charge in [-0.1, -0.05) is 46.9 Å². The Hall–Kier alpha value is -1.42. The van der Waals surface area contributed by atoms with E-state index in [2.05, 4.69) is 5.32 Å². The van der Waals surface area contributed by atoms with Crippen LogP contribution in [0.5, 0.6) is 5.75 Å². The Kier molecular flexibility index (Phi) is 5.34. The standard InChI is InChI=1S/C15H12Cl3NO2/c1-9(21-13-7-3-6-12(17)14(13)18)15(20)19-11-5-2-4-10(16)8-11/h2-9H,1H3,(H,19,20)/t9-/m0/s1. The highest BCUT2D eigenvalue weighted by molar-refractivity contribution is 6.42. The van der Waals surface area contributed by atoms with Crippen molar-refractivity contribution in [3.05, 3.63) is 57.5 Å². The second kappa shape index (κ2) is 7.03. The van der Waals surface area contributed by atoms with Crippen LogP contribution in [0.1, 0.15) is 6.92 Å². The van der Waals surface area contributed by atoms with E-state index in [1.807, 2.05) is 0 Å². The molecule has 0 fully saturated rings. The van der Waals surface area contributed by atoms with Crippen LogP contribution in [-0.4, -0.2) is 12.0 Å².